The molecule has 1 aromatic carbocycles. The number of halogens is 3. The second-order valence-corrected chi connectivity index (χ2v) is 4.92. The highest BCUT2D eigenvalue weighted by molar-refractivity contribution is 5.59. The Morgan fingerprint density at radius 1 is 1.23 bits per heavy atom. The van der Waals surface area contributed by atoms with Crippen LogP contribution in [0.15, 0.2) is 42.9 Å². The smallest absolute Gasteiger partial charge is 0.340 e. The zero-order valence-corrected chi connectivity index (χ0v) is 11.7. The quantitative estimate of drug-likeness (QED) is 0.803. The van der Waals surface area contributed by atoms with E-state index in [9.17, 15) is 13.2 Å². The first-order chi connectivity index (χ1) is 10.4. The minimum absolute atomic E-state index is 0.455. The van der Waals surface area contributed by atoms with Gasteiger partial charge in [-0.1, -0.05) is 12.1 Å². The molecule has 0 saturated carbocycles. The van der Waals surface area contributed by atoms with Crippen LogP contribution < -0.4 is 0 Å². The van der Waals surface area contributed by atoms with Gasteiger partial charge in [0.05, 0.1) is 24.0 Å². The Hall–Kier alpha value is -2.57. The van der Waals surface area contributed by atoms with Gasteiger partial charge in [-0.2, -0.15) is 13.2 Å². The van der Waals surface area contributed by atoms with Crippen molar-refractivity contribution >= 4 is 0 Å². The molecule has 1 N–H and O–H groups in total. The van der Waals surface area contributed by atoms with E-state index in [4.69, 9.17) is 0 Å². The van der Waals surface area contributed by atoms with Gasteiger partial charge in [-0.15, -0.1) is 0 Å². The van der Waals surface area contributed by atoms with Crippen LogP contribution in [0.25, 0.3) is 11.3 Å². The molecule has 0 saturated heterocycles. The number of benzene rings is 1. The number of hydrogen-bond donors (Lipinski definition) is 1. The largest absolute Gasteiger partial charge is 0.416 e. The summed E-state index contributed by atoms with van der Waals surface area (Å²) in [4.78, 5) is 11.4. The molecule has 0 spiro atoms. The summed E-state index contributed by atoms with van der Waals surface area (Å²) in [6.45, 7) is 2.36. The molecule has 0 atom stereocenters. The predicted molar refractivity (Wildman–Crippen MR) is 75.1 cm³/mol. The van der Waals surface area contributed by atoms with E-state index in [1.54, 1.807) is 12.3 Å². The van der Waals surface area contributed by atoms with E-state index < -0.39 is 11.7 Å². The lowest BCUT2D eigenvalue weighted by molar-refractivity contribution is -0.137. The molecule has 7 heteroatoms. The molecule has 2 aromatic heterocycles. The number of rotatable bonds is 3. The third-order valence-electron chi connectivity index (χ3n) is 3.37. The van der Waals surface area contributed by atoms with Crippen LogP contribution in [-0.4, -0.2) is 19.5 Å². The van der Waals surface area contributed by atoms with Crippen LogP contribution >= 0.6 is 0 Å². The number of H-pyrrole nitrogens is 1. The molecule has 4 nitrogen and oxygen atoms in total. The van der Waals surface area contributed by atoms with Gasteiger partial charge in [0.15, 0.2) is 0 Å². The van der Waals surface area contributed by atoms with Gasteiger partial charge in [0, 0.05) is 18.0 Å². The van der Waals surface area contributed by atoms with Crippen LogP contribution in [-0.2, 0) is 12.7 Å². The molecule has 3 rings (SSSR count). The van der Waals surface area contributed by atoms with Gasteiger partial charge >= 0.3 is 6.18 Å². The third kappa shape index (κ3) is 2.88. The van der Waals surface area contributed by atoms with Gasteiger partial charge in [-0.3, -0.25) is 0 Å². The summed E-state index contributed by atoms with van der Waals surface area (Å²) >= 11 is 0. The highest BCUT2D eigenvalue weighted by atomic mass is 19.4. The number of nitrogens with zero attached hydrogens (tertiary/aromatic N) is 3. The summed E-state index contributed by atoms with van der Waals surface area (Å²) in [6, 6.07) is 5.17. The summed E-state index contributed by atoms with van der Waals surface area (Å²) in [6.07, 6.45) is 0.692. The van der Waals surface area contributed by atoms with E-state index in [2.05, 4.69) is 15.0 Å². The van der Waals surface area contributed by atoms with E-state index in [0.717, 1.165) is 18.0 Å². The molecule has 0 bridgehead atoms. The van der Waals surface area contributed by atoms with Crippen LogP contribution in [0.4, 0.5) is 13.2 Å². The molecule has 114 valence electrons. The molecule has 0 fully saturated rings. The van der Waals surface area contributed by atoms with Crippen molar-refractivity contribution in [2.24, 2.45) is 0 Å². The number of hydrogen-bond acceptors (Lipinski definition) is 2. The summed E-state index contributed by atoms with van der Waals surface area (Å²) in [7, 11) is 0. The Balaban J connectivity index is 1.86. The summed E-state index contributed by atoms with van der Waals surface area (Å²) in [5, 5.41) is 0. The second-order valence-electron chi connectivity index (χ2n) is 4.92. The van der Waals surface area contributed by atoms with E-state index in [1.165, 1.54) is 12.3 Å². The van der Waals surface area contributed by atoms with Crippen LogP contribution in [0.3, 0.4) is 0 Å². The van der Waals surface area contributed by atoms with Crippen molar-refractivity contribution < 1.29 is 13.2 Å². The van der Waals surface area contributed by atoms with Crippen LogP contribution in [0.1, 0.15) is 17.2 Å². The fourth-order valence-corrected chi connectivity index (χ4v) is 2.18. The minimum Gasteiger partial charge on any atom is -0.340 e. The zero-order valence-electron chi connectivity index (χ0n) is 11.7. The molecular weight excluding hydrogens is 293 g/mol. The van der Waals surface area contributed by atoms with Crippen LogP contribution in [0.2, 0.25) is 0 Å². The lowest BCUT2D eigenvalue weighted by atomic mass is 10.1. The molecule has 0 aliphatic heterocycles. The molecule has 0 aliphatic rings. The third-order valence-corrected chi connectivity index (χ3v) is 3.37. The first-order valence-corrected chi connectivity index (χ1v) is 6.63. The van der Waals surface area contributed by atoms with Crippen molar-refractivity contribution in [3.05, 3.63) is 60.1 Å². The summed E-state index contributed by atoms with van der Waals surface area (Å²) < 4.78 is 40.1. The average Bonchev–Trinajstić information content (AvgIpc) is 3.09. The van der Waals surface area contributed by atoms with Gasteiger partial charge in [0.2, 0.25) is 0 Å². The highest BCUT2D eigenvalue weighted by Crippen LogP contribution is 2.31. The van der Waals surface area contributed by atoms with E-state index in [0.29, 0.717) is 23.6 Å². The Morgan fingerprint density at radius 2 is 2.05 bits per heavy atom. The molecular formula is C15H13F3N4. The van der Waals surface area contributed by atoms with Crippen molar-refractivity contribution in [2.75, 3.05) is 0 Å². The van der Waals surface area contributed by atoms with Crippen molar-refractivity contribution in [3.8, 4) is 11.3 Å². The Kier molecular flexibility index (Phi) is 3.48. The Labute approximate surface area is 124 Å². The summed E-state index contributed by atoms with van der Waals surface area (Å²) in [5.74, 6) is 1.51. The first-order valence-electron chi connectivity index (χ1n) is 6.63. The normalized spacial score (nSPS) is 11.8. The standard InChI is InChI=1S/C15H13F3N4/c1-10-19-5-6-22(10)9-14-20-8-13(21-14)11-3-2-4-12(7-11)15(16,17)18/h2-8H,9H2,1H3,(H,20,21). The monoisotopic (exact) mass is 306 g/mol. The van der Waals surface area contributed by atoms with Gasteiger partial charge < -0.3 is 9.55 Å². The number of alkyl halides is 3. The van der Waals surface area contributed by atoms with Gasteiger partial charge in [0.25, 0.3) is 0 Å². The van der Waals surface area contributed by atoms with E-state index in [-0.39, 0.29) is 0 Å². The molecule has 0 amide bonds. The number of aryl methyl sites for hydroxylation is 1. The molecule has 22 heavy (non-hydrogen) atoms. The lowest BCUT2D eigenvalue weighted by Gasteiger charge is -2.07. The second kappa shape index (κ2) is 5.32. The average molecular weight is 306 g/mol. The molecule has 3 aromatic rings. The highest BCUT2D eigenvalue weighted by Gasteiger charge is 2.30. The van der Waals surface area contributed by atoms with E-state index in [1.807, 2.05) is 17.7 Å². The zero-order chi connectivity index (χ0) is 15.7. The van der Waals surface area contributed by atoms with E-state index >= 15 is 0 Å². The van der Waals surface area contributed by atoms with Crippen LogP contribution in [0, 0.1) is 6.92 Å². The van der Waals surface area contributed by atoms with Crippen LogP contribution in [0.5, 0.6) is 0 Å². The minimum atomic E-state index is -4.35. The van der Waals surface area contributed by atoms with Gasteiger partial charge in [-0.05, 0) is 19.1 Å². The number of nitrogens with one attached hydrogen (secondary N) is 1. The number of aromatic nitrogens is 4. The molecule has 2 heterocycles. The fourth-order valence-electron chi connectivity index (χ4n) is 2.18. The van der Waals surface area contributed by atoms with Crippen molar-refractivity contribution in [2.45, 2.75) is 19.6 Å². The molecule has 0 unspecified atom stereocenters. The van der Waals surface area contributed by atoms with Gasteiger partial charge in [0.1, 0.15) is 11.6 Å². The Bertz CT molecular complexity index is 786. The SMILES string of the molecule is Cc1nccn1Cc1ncc(-c2cccc(C(F)(F)F)c2)[nH]1. The van der Waals surface area contributed by atoms with Gasteiger partial charge in [-0.25, -0.2) is 9.97 Å². The maximum absolute atomic E-state index is 12.7. The summed E-state index contributed by atoms with van der Waals surface area (Å²) in [5.41, 5.74) is 0.335. The first kappa shape index (κ1) is 14.4. The van der Waals surface area contributed by atoms with Crippen molar-refractivity contribution in [3.63, 3.8) is 0 Å². The fraction of sp³-hybridized carbons (Fsp3) is 0.200. The predicted octanol–water partition coefficient (Wildman–Crippen LogP) is 3.65. The maximum atomic E-state index is 12.7. The lowest BCUT2D eigenvalue weighted by Crippen LogP contribution is -2.04. The molecule has 0 aliphatic carbocycles. The molecule has 0 radical (unpaired) electrons. The maximum Gasteiger partial charge on any atom is 0.416 e. The van der Waals surface area contributed by atoms with Crippen molar-refractivity contribution in [1.29, 1.82) is 0 Å². The number of aromatic amines is 1. The van der Waals surface area contributed by atoms with Crippen molar-refractivity contribution in [1.82, 2.24) is 19.5 Å². The number of imidazole rings is 2. The topological polar surface area (TPSA) is 46.5 Å². The Morgan fingerprint density at radius 3 is 2.73 bits per heavy atom.